The molecule has 35 heavy (non-hydrogen) atoms. The van der Waals surface area contributed by atoms with Crippen LogP contribution in [0.25, 0.3) is 17.1 Å². The molecule has 2 atom stereocenters. The second kappa shape index (κ2) is 7.40. The van der Waals surface area contributed by atoms with Gasteiger partial charge in [0.1, 0.15) is 18.0 Å². The van der Waals surface area contributed by atoms with Gasteiger partial charge >= 0.3 is 0 Å². The lowest BCUT2D eigenvalue weighted by Gasteiger charge is -2.37. The fourth-order valence-corrected chi connectivity index (χ4v) is 6.03. The Labute approximate surface area is 198 Å². The van der Waals surface area contributed by atoms with E-state index in [1.54, 1.807) is 18.2 Å². The summed E-state index contributed by atoms with van der Waals surface area (Å²) in [4.78, 5) is 8.46. The van der Waals surface area contributed by atoms with Crippen LogP contribution in [0.15, 0.2) is 48.8 Å². The maximum absolute atomic E-state index is 14.4. The molecule has 178 valence electrons. The molecule has 0 amide bonds. The number of halogens is 4. The van der Waals surface area contributed by atoms with E-state index in [9.17, 15) is 17.6 Å². The topological polar surface area (TPSA) is 69.4 Å². The van der Waals surface area contributed by atoms with Crippen molar-refractivity contribution in [3.05, 3.63) is 83.2 Å². The molecule has 0 aliphatic heterocycles. The van der Waals surface area contributed by atoms with E-state index in [0.29, 0.717) is 5.82 Å². The van der Waals surface area contributed by atoms with Gasteiger partial charge in [-0.2, -0.15) is 5.10 Å². The summed E-state index contributed by atoms with van der Waals surface area (Å²) >= 11 is 0. The summed E-state index contributed by atoms with van der Waals surface area (Å²) in [5.41, 5.74) is 1.39. The van der Waals surface area contributed by atoms with Crippen LogP contribution >= 0.6 is 0 Å². The first-order valence-corrected chi connectivity index (χ1v) is 11.2. The van der Waals surface area contributed by atoms with E-state index in [2.05, 4.69) is 34.1 Å². The van der Waals surface area contributed by atoms with Crippen LogP contribution in [0.3, 0.4) is 0 Å². The van der Waals surface area contributed by atoms with Crippen LogP contribution in [-0.2, 0) is 5.41 Å². The Morgan fingerprint density at radius 2 is 1.77 bits per heavy atom. The summed E-state index contributed by atoms with van der Waals surface area (Å²) in [5.74, 6) is -1.50. The highest BCUT2D eigenvalue weighted by Crippen LogP contribution is 2.69. The molecule has 10 heteroatoms. The molecular weight excluding hydrogens is 460 g/mol. The molecule has 3 heterocycles. The van der Waals surface area contributed by atoms with Crippen molar-refractivity contribution in [3.8, 4) is 17.1 Å². The summed E-state index contributed by atoms with van der Waals surface area (Å²) in [5, 5.41) is 12.6. The number of alkyl halides is 2. The molecule has 4 aromatic rings. The maximum atomic E-state index is 14.4. The van der Waals surface area contributed by atoms with Crippen LogP contribution in [0.2, 0.25) is 0 Å². The third kappa shape index (κ3) is 2.91. The Kier molecular flexibility index (Phi) is 4.61. The molecular formula is C25H20F4N6. The van der Waals surface area contributed by atoms with Crippen molar-refractivity contribution in [2.75, 3.05) is 0 Å². The van der Waals surface area contributed by atoms with Gasteiger partial charge in [0.05, 0.1) is 28.1 Å². The van der Waals surface area contributed by atoms with Gasteiger partial charge in [-0.1, -0.05) is 26.0 Å². The molecule has 2 aliphatic carbocycles. The number of benzene rings is 1. The Bertz CT molecular complexity index is 1450. The number of rotatable bonds is 4. The molecule has 6 nitrogen and oxygen atoms in total. The molecule has 1 aromatic carbocycles. The van der Waals surface area contributed by atoms with Crippen LogP contribution in [0.1, 0.15) is 61.8 Å². The lowest BCUT2D eigenvalue weighted by molar-refractivity contribution is 0.140. The van der Waals surface area contributed by atoms with Gasteiger partial charge in [-0.05, 0) is 60.1 Å². The number of aromatic nitrogens is 6. The molecule has 0 radical (unpaired) electrons. The molecule has 3 aromatic heterocycles. The van der Waals surface area contributed by atoms with E-state index in [1.165, 1.54) is 29.2 Å². The summed E-state index contributed by atoms with van der Waals surface area (Å²) < 4.78 is 56.1. The predicted molar refractivity (Wildman–Crippen MR) is 118 cm³/mol. The van der Waals surface area contributed by atoms with Crippen LogP contribution in [-0.4, -0.2) is 29.9 Å². The van der Waals surface area contributed by atoms with E-state index in [-0.39, 0.29) is 22.6 Å². The summed E-state index contributed by atoms with van der Waals surface area (Å²) in [6.07, 6.45) is 0.0369. The zero-order chi connectivity index (χ0) is 24.5. The number of fused-ring (bicyclic) bond motifs is 5. The van der Waals surface area contributed by atoms with Gasteiger partial charge in [0.25, 0.3) is 6.43 Å². The molecule has 0 saturated heterocycles. The molecule has 1 saturated carbocycles. The van der Waals surface area contributed by atoms with Crippen molar-refractivity contribution in [2.45, 2.75) is 44.4 Å². The summed E-state index contributed by atoms with van der Waals surface area (Å²) in [6.45, 7) is 4.27. The minimum atomic E-state index is -2.78. The standard InChI is InChI=1S/C25H20F4N6/c1-24(2)14-9-10-25(24,18-7-4-8-19(31-18)35-12-30-23(34-35)22(28)29)21-13(14)11-17(32-33-21)20-15(26)5-3-6-16(20)27/h3-8,11-12,14,22H,9-10H2,1-2H3/t14-,25+/m0/s1. The third-order valence-electron chi connectivity index (χ3n) is 7.71. The van der Waals surface area contributed by atoms with Gasteiger partial charge in [0.15, 0.2) is 5.82 Å². The monoisotopic (exact) mass is 480 g/mol. The Balaban J connectivity index is 1.49. The lowest BCUT2D eigenvalue weighted by Crippen LogP contribution is -2.38. The SMILES string of the molecule is CC1(C)[C@H]2CC[C@@]1(c1cccc(-n3cnc(C(F)F)n3)n1)c1nnc(-c3c(F)cccc3F)cc12. The van der Waals surface area contributed by atoms with E-state index < -0.39 is 29.3 Å². The van der Waals surface area contributed by atoms with E-state index >= 15 is 0 Å². The van der Waals surface area contributed by atoms with Gasteiger partial charge in [-0.25, -0.2) is 32.2 Å². The molecule has 0 unspecified atom stereocenters. The van der Waals surface area contributed by atoms with Crippen molar-refractivity contribution in [2.24, 2.45) is 5.41 Å². The minimum absolute atomic E-state index is 0.0869. The average Bonchev–Trinajstić information content (AvgIpc) is 3.48. The van der Waals surface area contributed by atoms with Crippen molar-refractivity contribution in [3.63, 3.8) is 0 Å². The molecule has 2 aliphatic rings. The largest absolute Gasteiger partial charge is 0.299 e. The number of hydrogen-bond donors (Lipinski definition) is 0. The second-order valence-corrected chi connectivity index (χ2v) is 9.58. The normalized spacial score (nSPS) is 22.1. The first-order valence-electron chi connectivity index (χ1n) is 11.2. The Morgan fingerprint density at radius 1 is 1.03 bits per heavy atom. The fourth-order valence-electron chi connectivity index (χ4n) is 6.03. The van der Waals surface area contributed by atoms with Crippen molar-refractivity contribution in [1.29, 1.82) is 0 Å². The number of nitrogens with zero attached hydrogens (tertiary/aromatic N) is 6. The van der Waals surface area contributed by atoms with E-state index in [4.69, 9.17) is 4.98 Å². The zero-order valence-electron chi connectivity index (χ0n) is 18.9. The lowest BCUT2D eigenvalue weighted by atomic mass is 9.66. The summed E-state index contributed by atoms with van der Waals surface area (Å²) in [7, 11) is 0. The number of pyridine rings is 1. The molecule has 6 rings (SSSR count). The predicted octanol–water partition coefficient (Wildman–Crippen LogP) is 5.54. The van der Waals surface area contributed by atoms with Gasteiger partial charge in [-0.3, -0.25) is 0 Å². The smallest absolute Gasteiger partial charge is 0.233 e. The van der Waals surface area contributed by atoms with E-state index in [0.717, 1.165) is 29.8 Å². The van der Waals surface area contributed by atoms with Crippen molar-refractivity contribution >= 4 is 0 Å². The number of hydrogen-bond acceptors (Lipinski definition) is 5. The van der Waals surface area contributed by atoms with Gasteiger partial charge in [0.2, 0.25) is 5.82 Å². The molecule has 2 bridgehead atoms. The Hall–Kier alpha value is -3.69. The zero-order valence-corrected chi connectivity index (χ0v) is 18.9. The van der Waals surface area contributed by atoms with Crippen molar-refractivity contribution < 1.29 is 17.6 Å². The minimum Gasteiger partial charge on any atom is -0.233 e. The van der Waals surface area contributed by atoms with Gasteiger partial charge in [0, 0.05) is 0 Å². The quantitative estimate of drug-likeness (QED) is 0.359. The fraction of sp³-hybridized carbons (Fsp3) is 0.320. The highest BCUT2D eigenvalue weighted by Gasteiger charge is 2.65. The van der Waals surface area contributed by atoms with Crippen LogP contribution in [0.5, 0.6) is 0 Å². The van der Waals surface area contributed by atoms with Gasteiger partial charge in [-0.15, -0.1) is 10.2 Å². The van der Waals surface area contributed by atoms with Crippen LogP contribution < -0.4 is 0 Å². The van der Waals surface area contributed by atoms with Crippen molar-refractivity contribution in [1.82, 2.24) is 29.9 Å². The van der Waals surface area contributed by atoms with Gasteiger partial charge < -0.3 is 0 Å². The second-order valence-electron chi connectivity index (χ2n) is 9.58. The highest BCUT2D eigenvalue weighted by atomic mass is 19.3. The maximum Gasteiger partial charge on any atom is 0.299 e. The molecule has 0 spiro atoms. The molecule has 0 N–H and O–H groups in total. The van der Waals surface area contributed by atoms with Crippen LogP contribution in [0.4, 0.5) is 17.6 Å². The third-order valence-corrected chi connectivity index (χ3v) is 7.71. The Morgan fingerprint density at radius 3 is 2.49 bits per heavy atom. The van der Waals surface area contributed by atoms with Crippen LogP contribution in [0, 0.1) is 17.0 Å². The highest BCUT2D eigenvalue weighted by molar-refractivity contribution is 5.64. The summed E-state index contributed by atoms with van der Waals surface area (Å²) in [6, 6.07) is 10.8. The average molecular weight is 480 g/mol. The molecule has 1 fully saturated rings. The first kappa shape index (κ1) is 21.8. The van der Waals surface area contributed by atoms with E-state index in [1.807, 2.05) is 6.07 Å². The first-order chi connectivity index (χ1) is 16.7.